The average Bonchev–Trinajstić information content (AvgIpc) is 3.19. The molecule has 2 aromatic heterocycles. The maximum Gasteiger partial charge on any atom is 0.287 e. The number of aromatic nitrogens is 2. The van der Waals surface area contributed by atoms with Crippen molar-refractivity contribution < 1.29 is 13.7 Å². The van der Waals surface area contributed by atoms with Crippen LogP contribution in [0.2, 0.25) is 5.02 Å². The average molecular weight is 318 g/mol. The first kappa shape index (κ1) is 14.3. The van der Waals surface area contributed by atoms with E-state index in [0.717, 1.165) is 5.56 Å². The Morgan fingerprint density at radius 1 is 1.32 bits per heavy atom. The first-order chi connectivity index (χ1) is 10.6. The van der Waals surface area contributed by atoms with Crippen LogP contribution in [0.25, 0.3) is 11.4 Å². The van der Waals surface area contributed by atoms with Crippen LogP contribution < -0.4 is 5.32 Å². The highest BCUT2D eigenvalue weighted by molar-refractivity contribution is 6.30. The van der Waals surface area contributed by atoms with Crippen molar-refractivity contribution in [3.8, 4) is 11.4 Å². The molecule has 3 rings (SSSR count). The van der Waals surface area contributed by atoms with Gasteiger partial charge >= 0.3 is 0 Å². The fourth-order valence-electron chi connectivity index (χ4n) is 1.89. The van der Waals surface area contributed by atoms with Gasteiger partial charge < -0.3 is 14.3 Å². The van der Waals surface area contributed by atoms with Gasteiger partial charge in [-0.1, -0.05) is 28.9 Å². The maximum atomic E-state index is 11.9. The number of hydrogen-bond donors (Lipinski definition) is 1. The first-order valence-electron chi connectivity index (χ1n) is 6.57. The van der Waals surface area contributed by atoms with E-state index in [4.69, 9.17) is 20.5 Å². The minimum atomic E-state index is -0.446. The van der Waals surface area contributed by atoms with Crippen LogP contribution in [-0.4, -0.2) is 16.0 Å². The van der Waals surface area contributed by atoms with Gasteiger partial charge in [0.05, 0.1) is 6.26 Å². The summed E-state index contributed by atoms with van der Waals surface area (Å²) < 4.78 is 10.2. The quantitative estimate of drug-likeness (QED) is 0.796. The summed E-state index contributed by atoms with van der Waals surface area (Å²) in [6.45, 7) is 1.75. The Morgan fingerprint density at radius 3 is 2.91 bits per heavy atom. The van der Waals surface area contributed by atoms with Crippen molar-refractivity contribution in [3.63, 3.8) is 0 Å². The van der Waals surface area contributed by atoms with E-state index >= 15 is 0 Å². The molecule has 0 spiro atoms. The summed E-state index contributed by atoms with van der Waals surface area (Å²) >= 11 is 5.94. The molecule has 7 heteroatoms. The predicted molar refractivity (Wildman–Crippen MR) is 79.3 cm³/mol. The highest BCUT2D eigenvalue weighted by Gasteiger charge is 2.19. The molecule has 1 amide bonds. The van der Waals surface area contributed by atoms with Crippen molar-refractivity contribution in [2.75, 3.05) is 0 Å². The van der Waals surface area contributed by atoms with Gasteiger partial charge in [0.25, 0.3) is 5.91 Å². The molecule has 0 radical (unpaired) electrons. The van der Waals surface area contributed by atoms with E-state index in [1.54, 1.807) is 37.3 Å². The largest absolute Gasteiger partial charge is 0.459 e. The van der Waals surface area contributed by atoms with Crippen LogP contribution in [0.4, 0.5) is 0 Å². The van der Waals surface area contributed by atoms with Gasteiger partial charge in [-0.3, -0.25) is 4.79 Å². The summed E-state index contributed by atoms with van der Waals surface area (Å²) in [6.07, 6.45) is 1.43. The Balaban J connectivity index is 1.74. The van der Waals surface area contributed by atoms with E-state index in [1.165, 1.54) is 6.26 Å². The highest BCUT2D eigenvalue weighted by Crippen LogP contribution is 2.21. The van der Waals surface area contributed by atoms with Gasteiger partial charge in [-0.15, -0.1) is 0 Å². The zero-order valence-electron chi connectivity index (χ0n) is 11.6. The van der Waals surface area contributed by atoms with Gasteiger partial charge in [0, 0.05) is 10.6 Å². The number of hydrogen-bond acceptors (Lipinski definition) is 5. The number of benzene rings is 1. The van der Waals surface area contributed by atoms with E-state index in [9.17, 15) is 4.79 Å². The molecule has 0 saturated heterocycles. The Kier molecular flexibility index (Phi) is 3.93. The van der Waals surface area contributed by atoms with Gasteiger partial charge in [-0.05, 0) is 31.2 Å². The topological polar surface area (TPSA) is 81.2 Å². The molecule has 6 nitrogen and oxygen atoms in total. The van der Waals surface area contributed by atoms with E-state index in [2.05, 4.69) is 15.5 Å². The Hall–Kier alpha value is -2.60. The second kappa shape index (κ2) is 6.03. The smallest absolute Gasteiger partial charge is 0.287 e. The van der Waals surface area contributed by atoms with Crippen molar-refractivity contribution in [2.45, 2.75) is 13.0 Å². The zero-order valence-corrected chi connectivity index (χ0v) is 12.4. The Morgan fingerprint density at radius 2 is 2.18 bits per heavy atom. The van der Waals surface area contributed by atoms with Gasteiger partial charge in [0.15, 0.2) is 5.76 Å². The molecule has 0 aliphatic carbocycles. The highest BCUT2D eigenvalue weighted by atomic mass is 35.5. The van der Waals surface area contributed by atoms with Crippen LogP contribution >= 0.6 is 11.6 Å². The lowest BCUT2D eigenvalue weighted by Gasteiger charge is -2.07. The predicted octanol–water partition coefficient (Wildman–Crippen LogP) is 3.47. The molecule has 0 saturated carbocycles. The number of furan rings is 1. The molecule has 112 valence electrons. The van der Waals surface area contributed by atoms with Crippen molar-refractivity contribution in [3.05, 3.63) is 59.3 Å². The summed E-state index contributed by atoms with van der Waals surface area (Å²) in [5, 5.41) is 7.21. The monoisotopic (exact) mass is 317 g/mol. The maximum absolute atomic E-state index is 11.9. The van der Waals surface area contributed by atoms with Crippen molar-refractivity contribution in [1.29, 1.82) is 0 Å². The molecule has 2 heterocycles. The minimum absolute atomic E-state index is 0.224. The zero-order chi connectivity index (χ0) is 15.5. The third-order valence-corrected chi connectivity index (χ3v) is 3.22. The SMILES string of the molecule is CC(NC(=O)c1ccco1)c1nc(-c2cccc(Cl)c2)no1. The van der Waals surface area contributed by atoms with Crippen molar-refractivity contribution >= 4 is 17.5 Å². The lowest BCUT2D eigenvalue weighted by atomic mass is 10.2. The Labute approximate surface area is 131 Å². The molecule has 0 fully saturated rings. The molecule has 1 aromatic carbocycles. The van der Waals surface area contributed by atoms with E-state index < -0.39 is 6.04 Å². The van der Waals surface area contributed by atoms with E-state index in [1.807, 2.05) is 6.07 Å². The number of amides is 1. The fourth-order valence-corrected chi connectivity index (χ4v) is 2.08. The molecule has 22 heavy (non-hydrogen) atoms. The molecule has 1 N–H and O–H groups in total. The van der Waals surface area contributed by atoms with Crippen LogP contribution in [0.1, 0.15) is 29.4 Å². The first-order valence-corrected chi connectivity index (χ1v) is 6.95. The van der Waals surface area contributed by atoms with Gasteiger partial charge in [-0.25, -0.2) is 0 Å². The molecule has 0 bridgehead atoms. The van der Waals surface area contributed by atoms with Crippen LogP contribution in [0.5, 0.6) is 0 Å². The van der Waals surface area contributed by atoms with Crippen LogP contribution in [0.15, 0.2) is 51.6 Å². The summed E-state index contributed by atoms with van der Waals surface area (Å²) in [4.78, 5) is 16.2. The molecule has 3 aromatic rings. The van der Waals surface area contributed by atoms with E-state index in [-0.39, 0.29) is 11.7 Å². The third-order valence-electron chi connectivity index (χ3n) is 2.99. The summed E-state index contributed by atoms with van der Waals surface area (Å²) in [5.41, 5.74) is 0.743. The minimum Gasteiger partial charge on any atom is -0.459 e. The molecular formula is C15H12ClN3O3. The van der Waals surface area contributed by atoms with Crippen LogP contribution in [0.3, 0.4) is 0 Å². The molecule has 1 atom stereocenters. The lowest BCUT2D eigenvalue weighted by molar-refractivity contribution is 0.0904. The number of halogens is 1. The second-order valence-corrected chi connectivity index (χ2v) is 5.08. The number of rotatable bonds is 4. The molecule has 0 aliphatic heterocycles. The summed E-state index contributed by atoms with van der Waals surface area (Å²) in [7, 11) is 0. The molecular weight excluding hydrogens is 306 g/mol. The van der Waals surface area contributed by atoms with Crippen molar-refractivity contribution in [1.82, 2.24) is 15.5 Å². The second-order valence-electron chi connectivity index (χ2n) is 4.64. The number of carbonyl (C=O) groups is 1. The third kappa shape index (κ3) is 3.01. The van der Waals surface area contributed by atoms with Gasteiger partial charge in [-0.2, -0.15) is 4.98 Å². The Bertz CT molecular complexity index is 783. The van der Waals surface area contributed by atoms with E-state index in [0.29, 0.717) is 16.7 Å². The van der Waals surface area contributed by atoms with Gasteiger partial charge in [0.2, 0.25) is 11.7 Å². The fraction of sp³-hybridized carbons (Fsp3) is 0.133. The van der Waals surface area contributed by atoms with Gasteiger partial charge in [0.1, 0.15) is 6.04 Å². The molecule has 0 aliphatic rings. The normalized spacial score (nSPS) is 12.1. The van der Waals surface area contributed by atoms with Crippen molar-refractivity contribution in [2.24, 2.45) is 0 Å². The van der Waals surface area contributed by atoms with Crippen LogP contribution in [-0.2, 0) is 0 Å². The number of nitrogens with zero attached hydrogens (tertiary/aromatic N) is 2. The number of carbonyl (C=O) groups excluding carboxylic acids is 1. The molecule has 1 unspecified atom stereocenters. The lowest BCUT2D eigenvalue weighted by Crippen LogP contribution is -2.26. The standard InChI is InChI=1S/C15H12ClN3O3/c1-9(17-14(20)12-6-3-7-21-12)15-18-13(19-22-15)10-4-2-5-11(16)8-10/h2-9H,1H3,(H,17,20). The summed E-state index contributed by atoms with van der Waals surface area (Å²) in [6, 6.07) is 9.90. The van der Waals surface area contributed by atoms with Crippen LogP contribution in [0, 0.1) is 0 Å². The summed E-state index contributed by atoms with van der Waals surface area (Å²) in [5.74, 6) is 0.591. The number of nitrogens with one attached hydrogen (secondary N) is 1.